The molecule has 0 aliphatic rings. The molecular formula is C13H11N5. The quantitative estimate of drug-likeness (QED) is 0.735. The van der Waals surface area contributed by atoms with E-state index in [2.05, 4.69) is 32.1 Å². The zero-order valence-corrected chi connectivity index (χ0v) is 9.59. The zero-order valence-electron chi connectivity index (χ0n) is 9.59. The van der Waals surface area contributed by atoms with Gasteiger partial charge in [-0.3, -0.25) is 5.10 Å². The Bertz CT molecular complexity index is 701. The fourth-order valence-electron chi connectivity index (χ4n) is 1.75. The van der Waals surface area contributed by atoms with Crippen molar-refractivity contribution in [2.45, 2.75) is 0 Å². The molecule has 5 nitrogen and oxygen atoms in total. The second-order valence-electron chi connectivity index (χ2n) is 3.83. The number of benzene rings is 1. The van der Waals surface area contributed by atoms with Crippen LogP contribution >= 0.6 is 0 Å². The molecule has 18 heavy (non-hydrogen) atoms. The fourth-order valence-corrected chi connectivity index (χ4v) is 1.75. The number of hydrogen-bond acceptors (Lipinski definition) is 4. The van der Waals surface area contributed by atoms with Gasteiger partial charge in [-0.1, -0.05) is 12.7 Å². The molecule has 0 unspecified atom stereocenters. The Hall–Kier alpha value is -2.69. The van der Waals surface area contributed by atoms with Gasteiger partial charge in [-0.05, 0) is 18.2 Å². The van der Waals surface area contributed by atoms with Crippen LogP contribution in [0.5, 0.6) is 0 Å². The van der Waals surface area contributed by atoms with Gasteiger partial charge in [0.1, 0.15) is 12.1 Å². The van der Waals surface area contributed by atoms with Gasteiger partial charge in [0, 0.05) is 22.8 Å². The lowest BCUT2D eigenvalue weighted by Crippen LogP contribution is -1.96. The van der Waals surface area contributed by atoms with Crippen molar-refractivity contribution in [2.75, 3.05) is 5.32 Å². The van der Waals surface area contributed by atoms with E-state index < -0.39 is 0 Å². The Morgan fingerprint density at radius 3 is 3.11 bits per heavy atom. The Morgan fingerprint density at radius 1 is 1.28 bits per heavy atom. The number of anilines is 2. The molecule has 1 aromatic carbocycles. The average molecular weight is 237 g/mol. The van der Waals surface area contributed by atoms with Gasteiger partial charge < -0.3 is 5.32 Å². The lowest BCUT2D eigenvalue weighted by Gasteiger charge is -2.07. The Balaban J connectivity index is 1.98. The molecular weight excluding hydrogens is 226 g/mol. The van der Waals surface area contributed by atoms with Crippen LogP contribution in [0.2, 0.25) is 0 Å². The zero-order chi connectivity index (χ0) is 12.4. The minimum absolute atomic E-state index is 0.739. The van der Waals surface area contributed by atoms with E-state index in [1.807, 2.05) is 18.2 Å². The first-order valence-electron chi connectivity index (χ1n) is 5.49. The van der Waals surface area contributed by atoms with Crippen molar-refractivity contribution in [3.05, 3.63) is 49.1 Å². The van der Waals surface area contributed by atoms with Gasteiger partial charge in [-0.15, -0.1) is 0 Å². The molecule has 0 aliphatic heterocycles. The van der Waals surface area contributed by atoms with Crippen molar-refractivity contribution in [2.24, 2.45) is 0 Å². The molecule has 0 amide bonds. The second-order valence-corrected chi connectivity index (χ2v) is 3.83. The lowest BCUT2D eigenvalue weighted by molar-refractivity contribution is 1.12. The maximum absolute atomic E-state index is 4.20. The minimum atomic E-state index is 0.739. The van der Waals surface area contributed by atoms with Crippen molar-refractivity contribution in [1.82, 2.24) is 20.2 Å². The van der Waals surface area contributed by atoms with E-state index in [-0.39, 0.29) is 0 Å². The molecule has 2 aromatic heterocycles. The summed E-state index contributed by atoms with van der Waals surface area (Å²) in [4.78, 5) is 8.16. The summed E-state index contributed by atoms with van der Waals surface area (Å²) in [6.07, 6.45) is 6.73. The van der Waals surface area contributed by atoms with Gasteiger partial charge in [-0.25, -0.2) is 9.97 Å². The summed E-state index contributed by atoms with van der Waals surface area (Å²) in [5.74, 6) is 0.739. The minimum Gasteiger partial charge on any atom is -0.340 e. The molecule has 3 rings (SSSR count). The van der Waals surface area contributed by atoms with Crippen LogP contribution in [0, 0.1) is 0 Å². The highest BCUT2D eigenvalue weighted by Crippen LogP contribution is 2.21. The number of rotatable bonds is 3. The van der Waals surface area contributed by atoms with Crippen LogP contribution in [0.15, 0.2) is 43.5 Å². The third-order valence-corrected chi connectivity index (χ3v) is 2.66. The first-order chi connectivity index (χ1) is 8.86. The van der Waals surface area contributed by atoms with Crippen LogP contribution < -0.4 is 5.32 Å². The summed E-state index contributed by atoms with van der Waals surface area (Å²) in [6.45, 7) is 3.74. The van der Waals surface area contributed by atoms with E-state index >= 15 is 0 Å². The van der Waals surface area contributed by atoms with Gasteiger partial charge in [0.05, 0.1) is 11.7 Å². The van der Waals surface area contributed by atoms with Crippen LogP contribution in [-0.4, -0.2) is 20.2 Å². The number of nitrogens with one attached hydrogen (secondary N) is 2. The van der Waals surface area contributed by atoms with Gasteiger partial charge in [-0.2, -0.15) is 5.10 Å². The van der Waals surface area contributed by atoms with Crippen LogP contribution in [0.3, 0.4) is 0 Å². The summed E-state index contributed by atoms with van der Waals surface area (Å²) in [6, 6.07) is 5.95. The molecule has 0 bridgehead atoms. The molecule has 2 N–H and O–H groups in total. The topological polar surface area (TPSA) is 66.5 Å². The second kappa shape index (κ2) is 4.29. The van der Waals surface area contributed by atoms with Gasteiger partial charge in [0.25, 0.3) is 0 Å². The number of aromatic amines is 1. The molecule has 0 saturated carbocycles. The Labute approximate surface area is 104 Å². The third kappa shape index (κ3) is 1.82. The van der Waals surface area contributed by atoms with Gasteiger partial charge >= 0.3 is 0 Å². The highest BCUT2D eigenvalue weighted by molar-refractivity contribution is 5.83. The predicted octanol–water partition coefficient (Wildman–Crippen LogP) is 2.74. The Kier molecular flexibility index (Phi) is 2.49. The number of H-pyrrole nitrogens is 1. The SMILES string of the molecule is C=Cc1cncnc1Nc1ccc2[nH]ncc2c1. The van der Waals surface area contributed by atoms with Crippen molar-refractivity contribution in [3.8, 4) is 0 Å². The number of nitrogens with zero attached hydrogens (tertiary/aromatic N) is 3. The van der Waals surface area contributed by atoms with E-state index in [9.17, 15) is 0 Å². The Morgan fingerprint density at radius 2 is 2.22 bits per heavy atom. The maximum atomic E-state index is 4.20. The molecule has 0 aliphatic carbocycles. The summed E-state index contributed by atoms with van der Waals surface area (Å²) < 4.78 is 0. The van der Waals surface area contributed by atoms with E-state index in [1.165, 1.54) is 6.33 Å². The number of aromatic nitrogens is 4. The number of fused-ring (bicyclic) bond motifs is 1. The van der Waals surface area contributed by atoms with Crippen LogP contribution in [0.4, 0.5) is 11.5 Å². The van der Waals surface area contributed by atoms with E-state index in [0.29, 0.717) is 0 Å². The fraction of sp³-hybridized carbons (Fsp3) is 0. The van der Waals surface area contributed by atoms with E-state index in [0.717, 1.165) is 28.0 Å². The van der Waals surface area contributed by atoms with Crippen LogP contribution in [0.25, 0.3) is 17.0 Å². The summed E-state index contributed by atoms with van der Waals surface area (Å²) >= 11 is 0. The molecule has 5 heteroatoms. The third-order valence-electron chi connectivity index (χ3n) is 2.66. The molecule has 3 aromatic rings. The van der Waals surface area contributed by atoms with Crippen molar-refractivity contribution < 1.29 is 0 Å². The predicted molar refractivity (Wildman–Crippen MR) is 71.5 cm³/mol. The lowest BCUT2D eigenvalue weighted by atomic mass is 10.2. The standard InChI is InChI=1S/C13H11N5/c1-2-9-6-14-8-15-13(9)17-11-3-4-12-10(5-11)7-16-18-12/h2-8H,1H2,(H,16,18)(H,14,15,17). The molecule has 0 fully saturated rings. The average Bonchev–Trinajstić information content (AvgIpc) is 2.87. The molecule has 2 heterocycles. The van der Waals surface area contributed by atoms with Gasteiger partial charge in [0.2, 0.25) is 0 Å². The summed E-state index contributed by atoms with van der Waals surface area (Å²) in [5.41, 5.74) is 2.82. The van der Waals surface area contributed by atoms with E-state index in [1.54, 1.807) is 18.5 Å². The maximum Gasteiger partial charge on any atom is 0.141 e. The molecule has 0 spiro atoms. The van der Waals surface area contributed by atoms with Crippen LogP contribution in [-0.2, 0) is 0 Å². The molecule has 88 valence electrons. The first kappa shape index (κ1) is 10.5. The summed E-state index contributed by atoms with van der Waals surface area (Å²) in [5, 5.41) is 11.2. The number of hydrogen-bond donors (Lipinski definition) is 2. The summed E-state index contributed by atoms with van der Waals surface area (Å²) in [7, 11) is 0. The van der Waals surface area contributed by atoms with Crippen molar-refractivity contribution in [3.63, 3.8) is 0 Å². The largest absolute Gasteiger partial charge is 0.340 e. The highest BCUT2D eigenvalue weighted by atomic mass is 15.1. The molecule has 0 atom stereocenters. The first-order valence-corrected chi connectivity index (χ1v) is 5.49. The van der Waals surface area contributed by atoms with Gasteiger partial charge in [0.15, 0.2) is 0 Å². The molecule has 0 radical (unpaired) electrons. The smallest absolute Gasteiger partial charge is 0.141 e. The monoisotopic (exact) mass is 237 g/mol. The molecule has 0 saturated heterocycles. The van der Waals surface area contributed by atoms with Crippen molar-refractivity contribution >= 4 is 28.5 Å². The van der Waals surface area contributed by atoms with Crippen LogP contribution in [0.1, 0.15) is 5.56 Å². The normalized spacial score (nSPS) is 10.4. The van der Waals surface area contributed by atoms with Crippen molar-refractivity contribution in [1.29, 1.82) is 0 Å². The highest BCUT2D eigenvalue weighted by Gasteiger charge is 2.02. The van der Waals surface area contributed by atoms with E-state index in [4.69, 9.17) is 0 Å².